The summed E-state index contributed by atoms with van der Waals surface area (Å²) in [6.07, 6.45) is 2.67. The Morgan fingerprint density at radius 3 is 2.62 bits per heavy atom. The molecule has 10 nitrogen and oxygen atoms in total. The molecule has 10 heteroatoms. The summed E-state index contributed by atoms with van der Waals surface area (Å²) in [5.74, 6) is -1.37. The predicted octanol–water partition coefficient (Wildman–Crippen LogP) is 2.34. The number of nitrogens with one attached hydrogen (secondary N) is 2. The molecule has 1 saturated heterocycles. The maximum Gasteiger partial charge on any atom is 0.344 e. The van der Waals surface area contributed by atoms with Gasteiger partial charge < -0.3 is 14.6 Å². The van der Waals surface area contributed by atoms with E-state index in [-0.39, 0.29) is 11.3 Å². The van der Waals surface area contributed by atoms with Crippen LogP contribution in [0.15, 0.2) is 34.9 Å². The second kappa shape index (κ2) is 8.45. The highest BCUT2D eigenvalue weighted by atomic mass is 16.5. The summed E-state index contributed by atoms with van der Waals surface area (Å²) in [6.45, 7) is 2.98. The Morgan fingerprint density at radius 1 is 1.25 bits per heavy atom. The molecule has 4 rings (SSSR count). The Labute approximate surface area is 184 Å². The summed E-state index contributed by atoms with van der Waals surface area (Å²) >= 11 is 0. The van der Waals surface area contributed by atoms with E-state index in [2.05, 4.69) is 22.8 Å². The van der Waals surface area contributed by atoms with Gasteiger partial charge in [-0.3, -0.25) is 15.0 Å². The monoisotopic (exact) mass is 440 g/mol. The van der Waals surface area contributed by atoms with Gasteiger partial charge >= 0.3 is 12.0 Å². The maximum absolute atomic E-state index is 12.8. The molecule has 1 saturated carbocycles. The van der Waals surface area contributed by atoms with Crippen molar-refractivity contribution in [1.82, 2.24) is 20.9 Å². The smallest absolute Gasteiger partial charge is 0.344 e. The molecule has 32 heavy (non-hydrogen) atoms. The minimum atomic E-state index is -0.974. The van der Waals surface area contributed by atoms with Crippen molar-refractivity contribution in [1.29, 1.82) is 0 Å². The summed E-state index contributed by atoms with van der Waals surface area (Å²) in [4.78, 5) is 50.0. The van der Waals surface area contributed by atoms with Crippen LogP contribution in [0.1, 0.15) is 48.7 Å². The van der Waals surface area contributed by atoms with Gasteiger partial charge in [0.05, 0.1) is 0 Å². The van der Waals surface area contributed by atoms with Crippen molar-refractivity contribution in [3.63, 3.8) is 0 Å². The minimum absolute atomic E-state index is 0.106. The van der Waals surface area contributed by atoms with E-state index in [0.29, 0.717) is 35.0 Å². The number of hydrogen-bond acceptors (Lipinski definition) is 7. The summed E-state index contributed by atoms with van der Waals surface area (Å²) in [5.41, 5.74) is 2.33. The zero-order valence-corrected chi connectivity index (χ0v) is 17.8. The second-order valence-electron chi connectivity index (χ2n) is 8.27. The third kappa shape index (κ3) is 3.95. The predicted molar refractivity (Wildman–Crippen MR) is 111 cm³/mol. The maximum atomic E-state index is 12.8. The Morgan fingerprint density at radius 2 is 1.94 bits per heavy atom. The number of aromatic nitrogens is 1. The van der Waals surface area contributed by atoms with Crippen LogP contribution in [0.5, 0.6) is 0 Å². The average Bonchev–Trinajstić information content (AvgIpc) is 3.28. The SMILES string of the molecule is Cc1onc(-c2ccccc2)c1C(=O)OCC(=O)NN1C(=O)NC2(CCC(C)CC2)C1=O. The molecular formula is C22H24N4O6. The number of urea groups is 1. The molecule has 0 bridgehead atoms. The second-order valence-corrected chi connectivity index (χ2v) is 8.27. The van der Waals surface area contributed by atoms with Gasteiger partial charge in [-0.1, -0.05) is 42.4 Å². The summed E-state index contributed by atoms with van der Waals surface area (Å²) < 4.78 is 10.2. The highest BCUT2D eigenvalue weighted by Gasteiger charge is 2.52. The lowest BCUT2D eigenvalue weighted by molar-refractivity contribution is -0.141. The number of hydrazine groups is 1. The van der Waals surface area contributed by atoms with Gasteiger partial charge in [-0.05, 0) is 38.5 Å². The van der Waals surface area contributed by atoms with Crippen LogP contribution in [0.4, 0.5) is 4.79 Å². The lowest BCUT2D eigenvalue weighted by Gasteiger charge is -2.33. The number of carbonyl (C=O) groups is 4. The molecule has 4 amide bonds. The normalized spacial score (nSPS) is 22.7. The van der Waals surface area contributed by atoms with E-state index < -0.39 is 36.0 Å². The van der Waals surface area contributed by atoms with Gasteiger partial charge in [-0.25, -0.2) is 9.59 Å². The zero-order valence-electron chi connectivity index (χ0n) is 17.8. The molecule has 0 radical (unpaired) electrons. The van der Waals surface area contributed by atoms with E-state index in [1.165, 1.54) is 0 Å². The fourth-order valence-electron chi connectivity index (χ4n) is 4.08. The van der Waals surface area contributed by atoms with Crippen LogP contribution in [-0.2, 0) is 14.3 Å². The molecule has 1 aromatic carbocycles. The minimum Gasteiger partial charge on any atom is -0.452 e. The van der Waals surface area contributed by atoms with Crippen molar-refractivity contribution < 1.29 is 28.4 Å². The van der Waals surface area contributed by atoms with Crippen LogP contribution in [0, 0.1) is 12.8 Å². The van der Waals surface area contributed by atoms with Gasteiger partial charge in [0.15, 0.2) is 6.61 Å². The molecule has 2 heterocycles. The molecular weight excluding hydrogens is 416 g/mol. The van der Waals surface area contributed by atoms with Gasteiger partial charge in [0, 0.05) is 5.56 Å². The Bertz CT molecular complexity index is 1060. The van der Waals surface area contributed by atoms with E-state index in [0.717, 1.165) is 12.8 Å². The van der Waals surface area contributed by atoms with Gasteiger partial charge in [0.2, 0.25) is 0 Å². The molecule has 2 aliphatic rings. The Hall–Kier alpha value is -3.69. The van der Waals surface area contributed by atoms with E-state index in [4.69, 9.17) is 9.26 Å². The van der Waals surface area contributed by atoms with Crippen LogP contribution in [0.25, 0.3) is 11.3 Å². The summed E-state index contributed by atoms with van der Waals surface area (Å²) in [5, 5.41) is 7.29. The van der Waals surface area contributed by atoms with Crippen molar-refractivity contribution in [3.05, 3.63) is 41.7 Å². The van der Waals surface area contributed by atoms with E-state index in [1.54, 1.807) is 31.2 Å². The van der Waals surface area contributed by atoms with Crippen molar-refractivity contribution >= 4 is 23.8 Å². The van der Waals surface area contributed by atoms with E-state index >= 15 is 0 Å². The van der Waals surface area contributed by atoms with E-state index in [9.17, 15) is 19.2 Å². The molecule has 2 aromatic rings. The molecule has 1 aliphatic heterocycles. The first-order chi connectivity index (χ1) is 15.3. The van der Waals surface area contributed by atoms with E-state index in [1.807, 2.05) is 6.07 Å². The topological polar surface area (TPSA) is 131 Å². The first-order valence-electron chi connectivity index (χ1n) is 10.5. The molecule has 2 fully saturated rings. The quantitative estimate of drug-likeness (QED) is 0.539. The van der Waals surface area contributed by atoms with Gasteiger partial charge in [-0.2, -0.15) is 5.01 Å². The van der Waals surface area contributed by atoms with Crippen LogP contribution >= 0.6 is 0 Å². The molecule has 1 aromatic heterocycles. The van der Waals surface area contributed by atoms with Crippen LogP contribution in [0.3, 0.4) is 0 Å². The molecule has 0 atom stereocenters. The lowest BCUT2D eigenvalue weighted by Crippen LogP contribution is -2.52. The van der Waals surface area contributed by atoms with Crippen LogP contribution in [0.2, 0.25) is 0 Å². The molecule has 0 unspecified atom stereocenters. The Balaban J connectivity index is 1.38. The number of carbonyl (C=O) groups excluding carboxylic acids is 4. The summed E-state index contributed by atoms with van der Waals surface area (Å²) in [7, 11) is 0. The standard InChI is InChI=1S/C22H24N4O6/c1-13-8-10-22(11-9-13)20(29)26(21(30)23-22)24-16(27)12-31-19(28)17-14(2)32-25-18(17)15-6-4-3-5-7-15/h3-7,13H,8-12H2,1-2H3,(H,23,30)(H,24,27). The van der Waals surface area contributed by atoms with Crippen molar-refractivity contribution in [3.8, 4) is 11.3 Å². The highest BCUT2D eigenvalue weighted by molar-refractivity contribution is 6.08. The van der Waals surface area contributed by atoms with Crippen molar-refractivity contribution in [2.75, 3.05) is 6.61 Å². The number of imide groups is 1. The fourth-order valence-corrected chi connectivity index (χ4v) is 4.08. The average molecular weight is 440 g/mol. The summed E-state index contributed by atoms with van der Waals surface area (Å²) in [6, 6.07) is 8.25. The third-order valence-corrected chi connectivity index (χ3v) is 5.97. The highest BCUT2D eigenvalue weighted by Crippen LogP contribution is 2.35. The van der Waals surface area contributed by atoms with Gasteiger partial charge in [0.25, 0.3) is 11.8 Å². The van der Waals surface area contributed by atoms with Gasteiger partial charge in [0.1, 0.15) is 22.6 Å². The molecule has 1 aliphatic carbocycles. The molecule has 2 N–H and O–H groups in total. The first-order valence-corrected chi connectivity index (χ1v) is 10.5. The van der Waals surface area contributed by atoms with Crippen molar-refractivity contribution in [2.45, 2.75) is 45.1 Å². The molecule has 168 valence electrons. The first kappa shape index (κ1) is 21.5. The van der Waals surface area contributed by atoms with Crippen LogP contribution < -0.4 is 10.7 Å². The largest absolute Gasteiger partial charge is 0.452 e. The number of nitrogens with zero attached hydrogens (tertiary/aromatic N) is 2. The number of amides is 4. The zero-order chi connectivity index (χ0) is 22.9. The van der Waals surface area contributed by atoms with Crippen molar-refractivity contribution in [2.24, 2.45) is 5.92 Å². The van der Waals surface area contributed by atoms with Gasteiger partial charge in [-0.15, -0.1) is 0 Å². The number of ether oxygens (including phenoxy) is 1. The Kier molecular flexibility index (Phi) is 5.68. The number of rotatable bonds is 5. The third-order valence-electron chi connectivity index (χ3n) is 5.97. The fraction of sp³-hybridized carbons (Fsp3) is 0.409. The number of esters is 1. The number of hydrogen-bond donors (Lipinski definition) is 2. The molecule has 1 spiro atoms. The van der Waals surface area contributed by atoms with Crippen LogP contribution in [-0.4, -0.2) is 46.1 Å². The number of benzene rings is 1. The lowest BCUT2D eigenvalue weighted by atomic mass is 9.77. The number of aryl methyl sites for hydroxylation is 1.